The second-order valence-electron chi connectivity index (χ2n) is 3.26. The van der Waals surface area contributed by atoms with E-state index in [0.29, 0.717) is 17.3 Å². The largest absolute Gasteiger partial charge is 0.480 e. The summed E-state index contributed by atoms with van der Waals surface area (Å²) in [5.41, 5.74) is 0.351. The lowest BCUT2D eigenvalue weighted by Gasteiger charge is -2.07. The fourth-order valence-corrected chi connectivity index (χ4v) is 1.51. The molecule has 0 bridgehead atoms. The van der Waals surface area contributed by atoms with Gasteiger partial charge in [0.1, 0.15) is 11.4 Å². The van der Waals surface area contributed by atoms with Gasteiger partial charge in [0.15, 0.2) is 0 Å². The van der Waals surface area contributed by atoms with Crippen LogP contribution in [0.4, 0.5) is 0 Å². The number of aryl methyl sites for hydroxylation is 2. The van der Waals surface area contributed by atoms with E-state index in [4.69, 9.17) is 9.84 Å². The molecule has 0 aliphatic heterocycles. The number of ether oxygens (including phenoxy) is 1. The molecule has 0 unspecified atom stereocenters. The fraction of sp³-hybridized carbons (Fsp3) is 0.333. The molecule has 84 valence electrons. The van der Waals surface area contributed by atoms with Crippen LogP contribution in [0.3, 0.4) is 0 Å². The lowest BCUT2D eigenvalue weighted by atomic mass is 10.2. The zero-order chi connectivity index (χ0) is 11.9. The molecule has 2 aromatic rings. The number of methoxy groups -OCH3 is 1. The van der Waals surface area contributed by atoms with E-state index in [-0.39, 0.29) is 11.4 Å². The number of carboxylic acids is 1. The van der Waals surface area contributed by atoms with Crippen molar-refractivity contribution in [1.29, 1.82) is 0 Å². The van der Waals surface area contributed by atoms with Crippen LogP contribution in [0, 0.1) is 13.8 Å². The maximum absolute atomic E-state index is 11.1. The van der Waals surface area contributed by atoms with Crippen molar-refractivity contribution in [2.45, 2.75) is 13.8 Å². The van der Waals surface area contributed by atoms with Gasteiger partial charge in [0.05, 0.1) is 12.8 Å². The number of carbonyl (C=O) groups is 1. The van der Waals surface area contributed by atoms with Gasteiger partial charge in [-0.05, 0) is 13.8 Å². The number of fused-ring (bicyclic) bond motifs is 1. The van der Waals surface area contributed by atoms with E-state index < -0.39 is 5.97 Å². The number of hydrogen-bond acceptors (Lipinski definition) is 5. The van der Waals surface area contributed by atoms with Crippen LogP contribution >= 0.6 is 0 Å². The van der Waals surface area contributed by atoms with Crippen molar-refractivity contribution < 1.29 is 14.6 Å². The fourth-order valence-electron chi connectivity index (χ4n) is 1.51. The highest BCUT2D eigenvalue weighted by atomic mass is 16.5. The molecule has 0 aliphatic carbocycles. The highest BCUT2D eigenvalue weighted by molar-refractivity contribution is 5.91. The third kappa shape index (κ3) is 1.37. The van der Waals surface area contributed by atoms with Gasteiger partial charge in [0, 0.05) is 0 Å². The average molecular weight is 222 g/mol. The molecular weight excluding hydrogens is 212 g/mol. The molecule has 0 saturated heterocycles. The molecule has 0 saturated carbocycles. The molecule has 0 fully saturated rings. The summed E-state index contributed by atoms with van der Waals surface area (Å²) in [4.78, 5) is 19.2. The lowest BCUT2D eigenvalue weighted by molar-refractivity contribution is 0.0690. The van der Waals surface area contributed by atoms with E-state index >= 15 is 0 Å². The Balaban J connectivity index is 2.89. The molecule has 7 nitrogen and oxygen atoms in total. The summed E-state index contributed by atoms with van der Waals surface area (Å²) in [6.07, 6.45) is 0. The molecular formula is C9H10N4O3. The Labute approximate surface area is 90.7 Å². The number of nitrogens with zero attached hydrogens (tertiary/aromatic N) is 4. The number of hydrogen-bond donors (Lipinski definition) is 1. The Hall–Kier alpha value is -2.18. The highest BCUT2D eigenvalue weighted by Gasteiger charge is 2.21. The molecule has 1 N–H and O–H groups in total. The van der Waals surface area contributed by atoms with Gasteiger partial charge < -0.3 is 9.84 Å². The number of aromatic nitrogens is 4. The third-order valence-corrected chi connectivity index (χ3v) is 2.14. The summed E-state index contributed by atoms with van der Waals surface area (Å²) in [6.45, 7) is 3.29. The van der Waals surface area contributed by atoms with Gasteiger partial charge in [0.2, 0.25) is 5.88 Å². The van der Waals surface area contributed by atoms with Gasteiger partial charge in [-0.1, -0.05) is 0 Å². The Kier molecular flexibility index (Phi) is 2.22. The van der Waals surface area contributed by atoms with Crippen LogP contribution in [-0.2, 0) is 0 Å². The van der Waals surface area contributed by atoms with E-state index in [1.807, 2.05) is 0 Å². The molecule has 0 aliphatic rings. The van der Waals surface area contributed by atoms with Crippen LogP contribution in [0.2, 0.25) is 0 Å². The van der Waals surface area contributed by atoms with Crippen molar-refractivity contribution in [3.8, 4) is 5.88 Å². The first-order valence-electron chi connectivity index (χ1n) is 4.56. The number of carboxylic acid groups (broad SMARTS) is 1. The van der Waals surface area contributed by atoms with Gasteiger partial charge in [-0.15, -0.1) is 5.10 Å². The van der Waals surface area contributed by atoms with E-state index in [1.165, 1.54) is 11.6 Å². The number of rotatable bonds is 2. The second kappa shape index (κ2) is 3.44. The number of aromatic carboxylic acids is 1. The minimum absolute atomic E-state index is 0.0000926. The summed E-state index contributed by atoms with van der Waals surface area (Å²) < 4.78 is 6.34. The van der Waals surface area contributed by atoms with Crippen LogP contribution in [-0.4, -0.2) is 37.8 Å². The van der Waals surface area contributed by atoms with Crippen LogP contribution in [0.5, 0.6) is 5.88 Å². The second-order valence-corrected chi connectivity index (χ2v) is 3.26. The van der Waals surface area contributed by atoms with Gasteiger partial charge in [-0.2, -0.15) is 9.50 Å². The summed E-state index contributed by atoms with van der Waals surface area (Å²) >= 11 is 0. The maximum atomic E-state index is 11.1. The Morgan fingerprint density at radius 2 is 2.06 bits per heavy atom. The van der Waals surface area contributed by atoms with Crippen LogP contribution in [0.15, 0.2) is 0 Å². The Morgan fingerprint density at radius 3 is 2.62 bits per heavy atom. The minimum Gasteiger partial charge on any atom is -0.480 e. The first-order chi connectivity index (χ1) is 7.54. The van der Waals surface area contributed by atoms with Crippen molar-refractivity contribution >= 4 is 11.7 Å². The highest BCUT2D eigenvalue weighted by Crippen LogP contribution is 2.21. The smallest absolute Gasteiger partial charge is 0.343 e. The van der Waals surface area contributed by atoms with Gasteiger partial charge in [-0.3, -0.25) is 0 Å². The van der Waals surface area contributed by atoms with E-state index in [9.17, 15) is 4.79 Å². The Bertz CT molecular complexity index is 576. The molecule has 0 aromatic carbocycles. The standard InChI is InChI=1S/C9H10N4O3/c1-4-6(8(14)15)7(16-3)13-9(10-4)11-5(2)12-13/h1-3H3,(H,14,15). The molecule has 0 spiro atoms. The normalized spacial score (nSPS) is 10.7. The molecule has 0 atom stereocenters. The molecule has 0 amide bonds. The van der Waals surface area contributed by atoms with Crippen LogP contribution in [0.1, 0.15) is 21.9 Å². The van der Waals surface area contributed by atoms with Gasteiger partial charge >= 0.3 is 5.97 Å². The summed E-state index contributed by atoms with van der Waals surface area (Å²) in [5.74, 6) is -0.128. The minimum atomic E-state index is -1.10. The monoisotopic (exact) mass is 222 g/mol. The average Bonchev–Trinajstić information content (AvgIpc) is 2.55. The quantitative estimate of drug-likeness (QED) is 0.793. The molecule has 7 heteroatoms. The topological polar surface area (TPSA) is 89.6 Å². The van der Waals surface area contributed by atoms with Crippen molar-refractivity contribution in [2.24, 2.45) is 0 Å². The summed E-state index contributed by atoms with van der Waals surface area (Å²) in [7, 11) is 1.39. The van der Waals surface area contributed by atoms with Crippen LogP contribution < -0.4 is 4.74 Å². The van der Waals surface area contributed by atoms with E-state index in [2.05, 4.69) is 15.1 Å². The van der Waals surface area contributed by atoms with E-state index in [0.717, 1.165) is 0 Å². The van der Waals surface area contributed by atoms with Crippen molar-refractivity contribution in [2.75, 3.05) is 7.11 Å². The van der Waals surface area contributed by atoms with Crippen molar-refractivity contribution in [1.82, 2.24) is 19.6 Å². The third-order valence-electron chi connectivity index (χ3n) is 2.14. The predicted octanol–water partition coefficient (Wildman–Crippen LogP) is 0.448. The van der Waals surface area contributed by atoms with Crippen molar-refractivity contribution in [3.63, 3.8) is 0 Å². The van der Waals surface area contributed by atoms with Crippen molar-refractivity contribution in [3.05, 3.63) is 17.1 Å². The molecule has 2 heterocycles. The lowest BCUT2D eigenvalue weighted by Crippen LogP contribution is -2.10. The molecule has 2 rings (SSSR count). The Morgan fingerprint density at radius 1 is 1.38 bits per heavy atom. The molecule has 2 aromatic heterocycles. The van der Waals surface area contributed by atoms with Crippen LogP contribution in [0.25, 0.3) is 5.78 Å². The summed E-state index contributed by atoms with van der Waals surface area (Å²) in [5, 5.41) is 13.1. The molecule has 16 heavy (non-hydrogen) atoms. The van der Waals surface area contributed by atoms with E-state index in [1.54, 1.807) is 13.8 Å². The predicted molar refractivity (Wildman–Crippen MR) is 53.8 cm³/mol. The van der Waals surface area contributed by atoms with Gasteiger partial charge in [0.25, 0.3) is 5.78 Å². The first-order valence-corrected chi connectivity index (χ1v) is 4.56. The molecule has 0 radical (unpaired) electrons. The zero-order valence-electron chi connectivity index (χ0n) is 9.05. The van der Waals surface area contributed by atoms with Gasteiger partial charge in [-0.25, -0.2) is 9.78 Å². The SMILES string of the molecule is COc1c(C(=O)O)c(C)nc2nc(C)nn12. The zero-order valence-corrected chi connectivity index (χ0v) is 9.05. The maximum Gasteiger partial charge on any atom is 0.343 e. The first kappa shape index (κ1) is 10.3. The summed E-state index contributed by atoms with van der Waals surface area (Å²) in [6, 6.07) is 0.